The summed E-state index contributed by atoms with van der Waals surface area (Å²) in [6, 6.07) is 3.20. The molecule has 0 aliphatic rings. The van der Waals surface area contributed by atoms with Gasteiger partial charge in [0.25, 0.3) is 5.69 Å². The van der Waals surface area contributed by atoms with E-state index in [1.165, 1.54) is 18.7 Å². The van der Waals surface area contributed by atoms with E-state index in [1.54, 1.807) is 0 Å². The maximum Gasteiger partial charge on any atom is 0.289 e. The molecule has 0 aliphatic heterocycles. The molecule has 0 saturated heterocycles. The number of hydrogen-bond acceptors (Lipinski definition) is 5. The van der Waals surface area contributed by atoms with E-state index in [1.807, 2.05) is 6.07 Å². The van der Waals surface area contributed by atoms with Crippen LogP contribution < -0.4 is 5.32 Å². The van der Waals surface area contributed by atoms with Gasteiger partial charge in [0.15, 0.2) is 0 Å². The van der Waals surface area contributed by atoms with Crippen molar-refractivity contribution in [2.24, 2.45) is 5.92 Å². The maximum absolute atomic E-state index is 10.6. The van der Waals surface area contributed by atoms with Gasteiger partial charge in [-0.3, -0.25) is 10.1 Å². The highest BCUT2D eigenvalue weighted by atomic mass is 16.6. The molecule has 1 unspecified atom stereocenters. The van der Waals surface area contributed by atoms with Crippen molar-refractivity contribution in [2.75, 3.05) is 11.9 Å². The number of nitrogens with one attached hydrogen (secondary N) is 1. The molecule has 20 heavy (non-hydrogen) atoms. The van der Waals surface area contributed by atoms with Crippen molar-refractivity contribution >= 4 is 11.5 Å². The highest BCUT2D eigenvalue weighted by molar-refractivity contribution is 5.55. The lowest BCUT2D eigenvalue weighted by molar-refractivity contribution is -0.385. The fourth-order valence-electron chi connectivity index (χ4n) is 1.96. The fraction of sp³-hybridized carbons (Fsp3) is 0.571. The summed E-state index contributed by atoms with van der Waals surface area (Å²) < 4.78 is 0. The number of pyridine rings is 1. The van der Waals surface area contributed by atoms with Gasteiger partial charge in [-0.2, -0.15) is 5.26 Å². The van der Waals surface area contributed by atoms with Gasteiger partial charge in [0.1, 0.15) is 23.6 Å². The Morgan fingerprint density at radius 1 is 1.55 bits per heavy atom. The molecule has 6 nitrogen and oxygen atoms in total. The summed E-state index contributed by atoms with van der Waals surface area (Å²) in [5.41, 5.74) is 0.0506. The second-order valence-corrected chi connectivity index (χ2v) is 4.76. The van der Waals surface area contributed by atoms with Gasteiger partial charge in [0, 0.05) is 12.6 Å². The molecular weight excluding hydrogens is 256 g/mol. The van der Waals surface area contributed by atoms with Crippen LogP contribution in [0.25, 0.3) is 0 Å². The average Bonchev–Trinajstić information content (AvgIpc) is 2.47. The summed E-state index contributed by atoms with van der Waals surface area (Å²) in [7, 11) is 0. The molecule has 0 aromatic carbocycles. The molecular formula is C14H20N4O2. The lowest BCUT2D eigenvalue weighted by Gasteiger charge is -2.16. The van der Waals surface area contributed by atoms with Gasteiger partial charge in [-0.15, -0.1) is 0 Å². The van der Waals surface area contributed by atoms with Gasteiger partial charge in [0.2, 0.25) is 0 Å². The quantitative estimate of drug-likeness (QED) is 0.579. The minimum Gasteiger partial charge on any atom is -0.369 e. The SMILES string of the molecule is CCCCC(CC)CNc1ncc([N+](=O)[O-])cc1C#N. The number of aromatic nitrogens is 1. The van der Waals surface area contributed by atoms with E-state index in [2.05, 4.69) is 24.1 Å². The smallest absolute Gasteiger partial charge is 0.289 e. The lowest BCUT2D eigenvalue weighted by Crippen LogP contribution is -2.15. The number of nitrogens with zero attached hydrogens (tertiary/aromatic N) is 3. The van der Waals surface area contributed by atoms with Gasteiger partial charge >= 0.3 is 0 Å². The zero-order valence-corrected chi connectivity index (χ0v) is 11.9. The summed E-state index contributed by atoms with van der Waals surface area (Å²) >= 11 is 0. The lowest BCUT2D eigenvalue weighted by atomic mass is 9.99. The Labute approximate surface area is 119 Å². The van der Waals surface area contributed by atoms with Gasteiger partial charge in [-0.05, 0) is 12.3 Å². The predicted octanol–water partition coefficient (Wildman–Crippen LogP) is 3.49. The highest BCUT2D eigenvalue weighted by Crippen LogP contribution is 2.20. The number of rotatable bonds is 8. The third-order valence-corrected chi connectivity index (χ3v) is 3.31. The third kappa shape index (κ3) is 4.50. The second-order valence-electron chi connectivity index (χ2n) is 4.76. The number of nitro groups is 1. The van der Waals surface area contributed by atoms with Crippen molar-refractivity contribution in [2.45, 2.75) is 39.5 Å². The van der Waals surface area contributed by atoms with Crippen molar-refractivity contribution in [3.05, 3.63) is 27.9 Å². The standard InChI is InChI=1S/C14H20N4O2/c1-3-5-6-11(4-2)9-16-14-12(8-15)7-13(10-17-14)18(19)20/h7,10-11H,3-6,9H2,1-2H3,(H,16,17). The Balaban J connectivity index is 2.72. The topological polar surface area (TPSA) is 91.8 Å². The second kappa shape index (κ2) is 8.10. The van der Waals surface area contributed by atoms with E-state index in [9.17, 15) is 10.1 Å². The van der Waals surface area contributed by atoms with Crippen LogP contribution in [-0.2, 0) is 0 Å². The first-order valence-corrected chi connectivity index (χ1v) is 6.90. The molecule has 0 radical (unpaired) electrons. The Kier molecular flexibility index (Phi) is 6.44. The average molecular weight is 276 g/mol. The monoisotopic (exact) mass is 276 g/mol. The van der Waals surface area contributed by atoms with Crippen LogP contribution in [0.1, 0.15) is 45.1 Å². The van der Waals surface area contributed by atoms with Crippen molar-refractivity contribution in [3.8, 4) is 6.07 Å². The molecule has 1 aromatic heterocycles. The molecule has 1 atom stereocenters. The van der Waals surface area contributed by atoms with Crippen LogP contribution in [0.4, 0.5) is 11.5 Å². The molecule has 1 heterocycles. The van der Waals surface area contributed by atoms with Crippen molar-refractivity contribution in [3.63, 3.8) is 0 Å². The molecule has 1 N–H and O–H groups in total. The van der Waals surface area contributed by atoms with Gasteiger partial charge in [-0.25, -0.2) is 4.98 Å². The van der Waals surface area contributed by atoms with Crippen LogP contribution >= 0.6 is 0 Å². The van der Waals surface area contributed by atoms with Crippen LogP contribution in [0.2, 0.25) is 0 Å². The van der Waals surface area contributed by atoms with Crippen LogP contribution in [0, 0.1) is 27.4 Å². The van der Waals surface area contributed by atoms with Gasteiger partial charge in [0.05, 0.1) is 4.92 Å². The molecule has 0 bridgehead atoms. The molecule has 1 rings (SSSR count). The first kappa shape index (κ1) is 15.9. The predicted molar refractivity (Wildman–Crippen MR) is 77.4 cm³/mol. The number of unbranched alkanes of at least 4 members (excludes halogenated alkanes) is 1. The van der Waals surface area contributed by atoms with Crippen LogP contribution in [0.5, 0.6) is 0 Å². The summed E-state index contributed by atoms with van der Waals surface area (Å²) in [5.74, 6) is 0.950. The highest BCUT2D eigenvalue weighted by Gasteiger charge is 2.13. The molecule has 0 saturated carbocycles. The summed E-state index contributed by atoms with van der Waals surface area (Å²) in [4.78, 5) is 14.1. The number of nitriles is 1. The Morgan fingerprint density at radius 2 is 2.30 bits per heavy atom. The summed E-state index contributed by atoms with van der Waals surface area (Å²) in [6.45, 7) is 5.03. The molecule has 1 aromatic rings. The van der Waals surface area contributed by atoms with E-state index in [0.717, 1.165) is 25.8 Å². The van der Waals surface area contributed by atoms with Gasteiger partial charge in [-0.1, -0.05) is 33.1 Å². The van der Waals surface area contributed by atoms with Gasteiger partial charge < -0.3 is 5.32 Å². The Hall–Kier alpha value is -2.16. The first-order chi connectivity index (χ1) is 9.62. The summed E-state index contributed by atoms with van der Waals surface area (Å²) in [5, 5.41) is 22.8. The van der Waals surface area contributed by atoms with E-state index in [0.29, 0.717) is 11.7 Å². The van der Waals surface area contributed by atoms with E-state index in [-0.39, 0.29) is 11.3 Å². The van der Waals surface area contributed by atoms with E-state index >= 15 is 0 Å². The van der Waals surface area contributed by atoms with Crippen LogP contribution in [0.15, 0.2) is 12.3 Å². The fourth-order valence-corrected chi connectivity index (χ4v) is 1.96. The molecule has 6 heteroatoms. The third-order valence-electron chi connectivity index (χ3n) is 3.31. The summed E-state index contributed by atoms with van der Waals surface area (Å²) in [6.07, 6.45) is 5.71. The first-order valence-electron chi connectivity index (χ1n) is 6.90. The largest absolute Gasteiger partial charge is 0.369 e. The molecule has 0 spiro atoms. The Bertz CT molecular complexity index is 496. The van der Waals surface area contributed by atoms with Crippen molar-refractivity contribution in [1.82, 2.24) is 4.98 Å². The molecule has 0 aliphatic carbocycles. The Morgan fingerprint density at radius 3 is 2.85 bits per heavy atom. The number of anilines is 1. The van der Waals surface area contributed by atoms with Crippen molar-refractivity contribution in [1.29, 1.82) is 5.26 Å². The molecule has 108 valence electrons. The zero-order chi connectivity index (χ0) is 15.0. The molecule has 0 amide bonds. The van der Waals surface area contributed by atoms with E-state index in [4.69, 9.17) is 5.26 Å². The normalized spacial score (nSPS) is 11.7. The zero-order valence-electron chi connectivity index (χ0n) is 11.9. The minimum atomic E-state index is -0.548. The van der Waals surface area contributed by atoms with Crippen LogP contribution in [0.3, 0.4) is 0 Å². The van der Waals surface area contributed by atoms with E-state index < -0.39 is 4.92 Å². The number of hydrogen-bond donors (Lipinski definition) is 1. The molecule has 0 fully saturated rings. The maximum atomic E-state index is 10.6. The van der Waals surface area contributed by atoms with Crippen molar-refractivity contribution < 1.29 is 4.92 Å². The van der Waals surface area contributed by atoms with Crippen LogP contribution in [-0.4, -0.2) is 16.5 Å². The minimum absolute atomic E-state index is 0.162.